The van der Waals surface area contributed by atoms with Gasteiger partial charge in [-0.3, -0.25) is 9.69 Å². The van der Waals surface area contributed by atoms with Gasteiger partial charge in [-0.25, -0.2) is 9.78 Å². The number of amides is 1. The summed E-state index contributed by atoms with van der Waals surface area (Å²) in [6.45, 7) is 4.02. The van der Waals surface area contributed by atoms with Crippen molar-refractivity contribution in [3.63, 3.8) is 0 Å². The number of anilines is 4. The minimum atomic E-state index is -0.829. The normalized spacial score (nSPS) is 13.8. The van der Waals surface area contributed by atoms with Crippen molar-refractivity contribution < 1.29 is 14.3 Å². The molecule has 1 aliphatic heterocycles. The Balaban J connectivity index is 1.23. The SMILES string of the molecule is COC(=O)[C@H](Cc1ccc(C#N)cc1)Nc1nc(NCc2nc3cc(Cl)ccc3[nH]2)nc(Nc2cccc(CN3CCN(C=O)CC3)c2)n1. The number of piperazine rings is 1. The number of aromatic nitrogens is 5. The zero-order valence-electron chi connectivity index (χ0n) is 26.7. The number of rotatable bonds is 13. The van der Waals surface area contributed by atoms with Gasteiger partial charge in [-0.2, -0.15) is 20.2 Å². The number of fused-ring (bicyclic) bond motifs is 1. The molecule has 5 aromatic rings. The Morgan fingerprint density at radius 1 is 1.00 bits per heavy atom. The first-order chi connectivity index (χ1) is 23.9. The lowest BCUT2D eigenvalue weighted by Gasteiger charge is -2.32. The number of ether oxygens (including phenoxy) is 1. The number of nitrogens with zero attached hydrogens (tertiary/aromatic N) is 7. The summed E-state index contributed by atoms with van der Waals surface area (Å²) in [5.74, 6) is 0.775. The van der Waals surface area contributed by atoms with E-state index in [1.165, 1.54) is 7.11 Å². The molecule has 3 aromatic carbocycles. The summed E-state index contributed by atoms with van der Waals surface area (Å²) in [5.41, 5.74) is 4.78. The molecule has 4 N–H and O–H groups in total. The van der Waals surface area contributed by atoms with Gasteiger partial charge < -0.3 is 30.6 Å². The summed E-state index contributed by atoms with van der Waals surface area (Å²) < 4.78 is 5.09. The van der Waals surface area contributed by atoms with Gasteiger partial charge >= 0.3 is 5.97 Å². The van der Waals surface area contributed by atoms with Gasteiger partial charge in [0.1, 0.15) is 11.9 Å². The number of H-pyrrole nitrogens is 1. The second kappa shape index (κ2) is 15.4. The molecule has 250 valence electrons. The van der Waals surface area contributed by atoms with Crippen molar-refractivity contribution in [2.75, 3.05) is 49.2 Å². The number of hydrogen-bond donors (Lipinski definition) is 4. The van der Waals surface area contributed by atoms with Gasteiger partial charge in [0.2, 0.25) is 24.3 Å². The molecule has 0 spiro atoms. The second-order valence-electron chi connectivity index (χ2n) is 11.5. The summed E-state index contributed by atoms with van der Waals surface area (Å²) in [4.78, 5) is 49.7. The lowest BCUT2D eigenvalue weighted by Crippen LogP contribution is -2.45. The molecule has 1 atom stereocenters. The Labute approximate surface area is 287 Å². The molecule has 2 aromatic heterocycles. The number of nitrogens with one attached hydrogen (secondary N) is 4. The quantitative estimate of drug-likeness (QED) is 0.104. The van der Waals surface area contributed by atoms with Crippen LogP contribution in [0.15, 0.2) is 66.7 Å². The lowest BCUT2D eigenvalue weighted by molar-refractivity contribution is -0.141. The minimum Gasteiger partial charge on any atom is -0.467 e. The van der Waals surface area contributed by atoms with E-state index in [9.17, 15) is 9.59 Å². The van der Waals surface area contributed by atoms with Crippen molar-refractivity contribution in [1.29, 1.82) is 5.26 Å². The molecule has 0 bridgehead atoms. The molecule has 1 fully saturated rings. The molecule has 0 saturated carbocycles. The highest BCUT2D eigenvalue weighted by atomic mass is 35.5. The van der Waals surface area contributed by atoms with Crippen LogP contribution >= 0.6 is 11.6 Å². The zero-order chi connectivity index (χ0) is 34.2. The highest BCUT2D eigenvalue weighted by Crippen LogP contribution is 2.21. The molecule has 1 aliphatic rings. The molecular formula is C34H34ClN11O3. The van der Waals surface area contributed by atoms with Crippen molar-refractivity contribution in [2.24, 2.45) is 0 Å². The van der Waals surface area contributed by atoms with E-state index in [-0.39, 0.29) is 30.8 Å². The second-order valence-corrected chi connectivity index (χ2v) is 11.9. The topological polar surface area (TPSA) is 177 Å². The van der Waals surface area contributed by atoms with E-state index in [0.29, 0.717) is 29.5 Å². The average molecular weight is 680 g/mol. The summed E-state index contributed by atoms with van der Waals surface area (Å²) in [5, 5.41) is 19.4. The Bertz CT molecular complexity index is 1970. The van der Waals surface area contributed by atoms with Crippen LogP contribution in [0.25, 0.3) is 11.0 Å². The first-order valence-corrected chi connectivity index (χ1v) is 16.0. The molecule has 3 heterocycles. The predicted molar refractivity (Wildman–Crippen MR) is 185 cm³/mol. The van der Waals surface area contributed by atoms with E-state index in [4.69, 9.17) is 21.6 Å². The van der Waals surface area contributed by atoms with Crippen LogP contribution in [0.3, 0.4) is 0 Å². The Kier molecular flexibility index (Phi) is 10.4. The van der Waals surface area contributed by atoms with E-state index in [1.54, 1.807) is 41.3 Å². The van der Waals surface area contributed by atoms with Crippen LogP contribution in [0.1, 0.15) is 22.5 Å². The Morgan fingerprint density at radius 3 is 2.53 bits per heavy atom. The van der Waals surface area contributed by atoms with Crippen LogP contribution < -0.4 is 16.0 Å². The maximum atomic E-state index is 12.9. The van der Waals surface area contributed by atoms with Crippen molar-refractivity contribution in [3.8, 4) is 6.07 Å². The number of carbonyl (C=O) groups excluding carboxylic acids is 2. The number of nitriles is 1. The minimum absolute atomic E-state index is 0.143. The Hall–Kier alpha value is -5.78. The fourth-order valence-electron chi connectivity index (χ4n) is 5.46. The number of imidazole rings is 1. The first-order valence-electron chi connectivity index (χ1n) is 15.6. The van der Waals surface area contributed by atoms with Crippen molar-refractivity contribution in [1.82, 2.24) is 34.7 Å². The number of esters is 1. The lowest BCUT2D eigenvalue weighted by atomic mass is 10.0. The number of hydrogen-bond acceptors (Lipinski definition) is 12. The number of carbonyl (C=O) groups is 2. The van der Waals surface area contributed by atoms with E-state index < -0.39 is 12.0 Å². The highest BCUT2D eigenvalue weighted by molar-refractivity contribution is 6.31. The van der Waals surface area contributed by atoms with Gasteiger partial charge in [0.15, 0.2) is 0 Å². The van der Waals surface area contributed by atoms with Crippen LogP contribution in [0.2, 0.25) is 5.02 Å². The molecule has 0 aliphatic carbocycles. The van der Waals surface area contributed by atoms with E-state index in [2.05, 4.69) is 57.9 Å². The number of benzene rings is 3. The monoisotopic (exact) mass is 679 g/mol. The van der Waals surface area contributed by atoms with Crippen LogP contribution in [0.4, 0.5) is 23.5 Å². The summed E-state index contributed by atoms with van der Waals surface area (Å²) in [6, 6.07) is 21.6. The van der Waals surface area contributed by atoms with Gasteiger partial charge in [0.25, 0.3) is 0 Å². The van der Waals surface area contributed by atoms with Crippen molar-refractivity contribution in [2.45, 2.75) is 25.6 Å². The molecule has 0 unspecified atom stereocenters. The predicted octanol–water partition coefficient (Wildman–Crippen LogP) is 4.10. The van der Waals surface area contributed by atoms with E-state index >= 15 is 0 Å². The summed E-state index contributed by atoms with van der Waals surface area (Å²) in [6.07, 6.45) is 1.16. The van der Waals surface area contributed by atoms with Crippen LogP contribution in [-0.2, 0) is 33.8 Å². The smallest absolute Gasteiger partial charge is 0.328 e. The molecule has 0 radical (unpaired) electrons. The zero-order valence-corrected chi connectivity index (χ0v) is 27.4. The first kappa shape index (κ1) is 33.1. The number of aromatic amines is 1. The maximum absolute atomic E-state index is 12.9. The van der Waals surface area contributed by atoms with Gasteiger partial charge in [-0.1, -0.05) is 35.9 Å². The van der Waals surface area contributed by atoms with Crippen LogP contribution in [0.5, 0.6) is 0 Å². The highest BCUT2D eigenvalue weighted by Gasteiger charge is 2.22. The number of halogens is 1. The molecule has 6 rings (SSSR count). The molecule has 15 heteroatoms. The van der Waals surface area contributed by atoms with Gasteiger partial charge in [0.05, 0.1) is 36.3 Å². The Morgan fingerprint density at radius 2 is 1.78 bits per heavy atom. The largest absolute Gasteiger partial charge is 0.467 e. The third kappa shape index (κ3) is 8.78. The summed E-state index contributed by atoms with van der Waals surface area (Å²) in [7, 11) is 1.32. The van der Waals surface area contributed by atoms with Gasteiger partial charge in [-0.15, -0.1) is 0 Å². The molecular weight excluding hydrogens is 646 g/mol. The van der Waals surface area contributed by atoms with Crippen LogP contribution in [0, 0.1) is 11.3 Å². The molecule has 1 saturated heterocycles. The van der Waals surface area contributed by atoms with Crippen LogP contribution in [-0.4, -0.2) is 86.4 Å². The standard InChI is InChI=1S/C34H34ClN11O3/c1-49-31(48)29(16-22-5-7-23(18-36)8-6-22)41-34-43-32(37-19-30-39-27-10-9-25(35)17-28(27)40-30)42-33(44-34)38-26-4-2-3-24(15-26)20-45-11-13-46(21-47)14-12-45/h2-10,15,17,21,29H,11-14,16,19-20H2,1H3,(H,39,40)(H3,37,38,41,42,43,44)/t29-/m0/s1. The summed E-state index contributed by atoms with van der Waals surface area (Å²) >= 11 is 6.14. The fourth-order valence-corrected chi connectivity index (χ4v) is 5.62. The van der Waals surface area contributed by atoms with Gasteiger partial charge in [-0.05, 0) is 53.6 Å². The van der Waals surface area contributed by atoms with E-state index in [1.807, 2.05) is 24.3 Å². The van der Waals surface area contributed by atoms with Gasteiger partial charge in [0, 0.05) is 49.9 Å². The molecule has 49 heavy (non-hydrogen) atoms. The third-order valence-corrected chi connectivity index (χ3v) is 8.24. The maximum Gasteiger partial charge on any atom is 0.328 e. The third-order valence-electron chi connectivity index (χ3n) is 8.00. The molecule has 14 nitrogen and oxygen atoms in total. The van der Waals surface area contributed by atoms with Crippen molar-refractivity contribution >= 4 is 58.5 Å². The molecule has 1 amide bonds. The van der Waals surface area contributed by atoms with Crippen molar-refractivity contribution in [3.05, 3.63) is 94.3 Å². The van der Waals surface area contributed by atoms with E-state index in [0.717, 1.165) is 53.9 Å². The fraction of sp³-hybridized carbons (Fsp3) is 0.265. The number of methoxy groups -OCH3 is 1. The average Bonchev–Trinajstić information content (AvgIpc) is 3.53.